The maximum atomic E-state index is 11.9. The van der Waals surface area contributed by atoms with Crippen molar-refractivity contribution in [2.24, 2.45) is 0 Å². The number of amides is 1. The van der Waals surface area contributed by atoms with Gasteiger partial charge in [-0.25, -0.2) is 0 Å². The normalized spacial score (nSPS) is 10.2. The van der Waals surface area contributed by atoms with E-state index < -0.39 is 0 Å². The fraction of sp³-hybridized carbons (Fsp3) is 0.167. The number of benzene rings is 1. The number of rotatable bonds is 3. The van der Waals surface area contributed by atoms with Crippen LogP contribution in [-0.2, 0) is 6.54 Å². The summed E-state index contributed by atoms with van der Waals surface area (Å²) in [6, 6.07) is 7.39. The summed E-state index contributed by atoms with van der Waals surface area (Å²) in [5, 5.41) is 6.37. The molecule has 0 saturated heterocycles. The van der Waals surface area contributed by atoms with Gasteiger partial charge in [0.2, 0.25) is 0 Å². The molecular formula is C12H11IN2O2. The number of carbonyl (C=O) groups is 1. The monoisotopic (exact) mass is 342 g/mol. The van der Waals surface area contributed by atoms with Crippen LogP contribution in [0.25, 0.3) is 0 Å². The highest BCUT2D eigenvalue weighted by atomic mass is 127. The van der Waals surface area contributed by atoms with E-state index in [0.717, 1.165) is 9.13 Å². The van der Waals surface area contributed by atoms with Crippen LogP contribution in [0.15, 0.2) is 35.0 Å². The van der Waals surface area contributed by atoms with Crippen molar-refractivity contribution in [1.82, 2.24) is 10.5 Å². The van der Waals surface area contributed by atoms with Gasteiger partial charge in [-0.15, -0.1) is 0 Å². The molecule has 0 atom stereocenters. The Morgan fingerprint density at radius 1 is 1.47 bits per heavy atom. The molecule has 1 N–H and O–H groups in total. The fourth-order valence-electron chi connectivity index (χ4n) is 1.42. The first-order valence-corrected chi connectivity index (χ1v) is 6.19. The van der Waals surface area contributed by atoms with Gasteiger partial charge in [0.15, 0.2) is 5.76 Å². The van der Waals surface area contributed by atoms with Crippen molar-refractivity contribution in [2.75, 3.05) is 0 Å². The zero-order chi connectivity index (χ0) is 12.3. The summed E-state index contributed by atoms with van der Waals surface area (Å²) in [5.74, 6) is 0.538. The van der Waals surface area contributed by atoms with Gasteiger partial charge in [-0.2, -0.15) is 0 Å². The van der Waals surface area contributed by atoms with Crippen molar-refractivity contribution in [3.63, 3.8) is 0 Å². The highest BCUT2D eigenvalue weighted by molar-refractivity contribution is 14.1. The van der Waals surface area contributed by atoms with E-state index in [-0.39, 0.29) is 5.91 Å². The molecule has 1 aromatic heterocycles. The Bertz CT molecular complexity index is 523. The van der Waals surface area contributed by atoms with E-state index in [1.807, 2.05) is 25.1 Å². The SMILES string of the molecule is Cc1cccc(C(=O)NCc2ccno2)c1I. The largest absolute Gasteiger partial charge is 0.360 e. The third kappa shape index (κ3) is 2.85. The highest BCUT2D eigenvalue weighted by Crippen LogP contribution is 2.16. The molecule has 4 nitrogen and oxygen atoms in total. The number of aromatic nitrogens is 1. The maximum absolute atomic E-state index is 11.9. The van der Waals surface area contributed by atoms with Crippen LogP contribution in [0, 0.1) is 10.5 Å². The molecule has 1 aromatic carbocycles. The second-order valence-corrected chi connectivity index (χ2v) is 4.68. The predicted octanol–water partition coefficient (Wildman–Crippen LogP) is 2.52. The third-order valence-corrected chi connectivity index (χ3v) is 3.78. The van der Waals surface area contributed by atoms with Crippen molar-refractivity contribution >= 4 is 28.5 Å². The number of hydrogen-bond donors (Lipinski definition) is 1. The third-order valence-electron chi connectivity index (χ3n) is 2.35. The Labute approximate surface area is 113 Å². The minimum Gasteiger partial charge on any atom is -0.360 e. The highest BCUT2D eigenvalue weighted by Gasteiger charge is 2.11. The lowest BCUT2D eigenvalue weighted by atomic mass is 10.1. The molecule has 0 aliphatic heterocycles. The van der Waals surface area contributed by atoms with Gasteiger partial charge in [0.1, 0.15) is 0 Å². The lowest BCUT2D eigenvalue weighted by Crippen LogP contribution is -2.23. The lowest BCUT2D eigenvalue weighted by molar-refractivity contribution is 0.0946. The summed E-state index contributed by atoms with van der Waals surface area (Å²) in [4.78, 5) is 11.9. The number of aryl methyl sites for hydroxylation is 1. The Hall–Kier alpha value is -1.37. The van der Waals surface area contributed by atoms with Gasteiger partial charge in [-0.05, 0) is 41.1 Å². The van der Waals surface area contributed by atoms with Crippen LogP contribution in [0.3, 0.4) is 0 Å². The standard InChI is InChI=1S/C12H11IN2O2/c1-8-3-2-4-10(11(8)13)12(16)14-7-9-5-6-15-17-9/h2-6H,7H2,1H3,(H,14,16). The molecular weight excluding hydrogens is 331 g/mol. The Morgan fingerprint density at radius 3 is 3.00 bits per heavy atom. The molecule has 1 amide bonds. The van der Waals surface area contributed by atoms with Gasteiger partial charge in [0.05, 0.1) is 18.3 Å². The second-order valence-electron chi connectivity index (χ2n) is 3.60. The summed E-state index contributed by atoms with van der Waals surface area (Å²) in [7, 11) is 0. The predicted molar refractivity (Wildman–Crippen MR) is 71.6 cm³/mol. The smallest absolute Gasteiger partial charge is 0.252 e. The Morgan fingerprint density at radius 2 is 2.29 bits per heavy atom. The summed E-state index contributed by atoms with van der Waals surface area (Å²) >= 11 is 2.18. The van der Waals surface area contributed by atoms with Crippen LogP contribution in [0.1, 0.15) is 21.7 Å². The van der Waals surface area contributed by atoms with E-state index >= 15 is 0 Å². The molecule has 0 unspecified atom stereocenters. The van der Waals surface area contributed by atoms with Gasteiger partial charge in [-0.1, -0.05) is 17.3 Å². The molecule has 0 fully saturated rings. The first-order chi connectivity index (χ1) is 8.18. The molecule has 2 rings (SSSR count). The molecule has 0 spiro atoms. The summed E-state index contributed by atoms with van der Waals surface area (Å²) in [6.07, 6.45) is 1.55. The van der Waals surface area contributed by atoms with Crippen LogP contribution < -0.4 is 5.32 Å². The average Bonchev–Trinajstić information content (AvgIpc) is 2.82. The summed E-state index contributed by atoms with van der Waals surface area (Å²) < 4.78 is 5.88. The van der Waals surface area contributed by atoms with Crippen LogP contribution in [0.5, 0.6) is 0 Å². The minimum atomic E-state index is -0.102. The van der Waals surface area contributed by atoms with E-state index in [2.05, 4.69) is 33.1 Å². The van der Waals surface area contributed by atoms with E-state index in [0.29, 0.717) is 17.9 Å². The first kappa shape index (κ1) is 12.1. The van der Waals surface area contributed by atoms with E-state index in [1.165, 1.54) is 0 Å². The van der Waals surface area contributed by atoms with Crippen molar-refractivity contribution in [3.05, 3.63) is 50.9 Å². The van der Waals surface area contributed by atoms with Crippen LogP contribution in [-0.4, -0.2) is 11.1 Å². The van der Waals surface area contributed by atoms with E-state index in [1.54, 1.807) is 12.3 Å². The van der Waals surface area contributed by atoms with E-state index in [9.17, 15) is 4.79 Å². The summed E-state index contributed by atoms with van der Waals surface area (Å²) in [5.41, 5.74) is 1.78. The van der Waals surface area contributed by atoms with Gasteiger partial charge in [-0.3, -0.25) is 4.79 Å². The Kier molecular flexibility index (Phi) is 3.78. The number of halogens is 1. The van der Waals surface area contributed by atoms with Gasteiger partial charge in [0.25, 0.3) is 5.91 Å². The molecule has 17 heavy (non-hydrogen) atoms. The number of carbonyl (C=O) groups excluding carboxylic acids is 1. The number of nitrogens with one attached hydrogen (secondary N) is 1. The molecule has 0 bridgehead atoms. The minimum absolute atomic E-state index is 0.102. The summed E-state index contributed by atoms with van der Waals surface area (Å²) in [6.45, 7) is 2.33. The zero-order valence-corrected chi connectivity index (χ0v) is 11.4. The van der Waals surface area contributed by atoms with Crippen molar-refractivity contribution in [3.8, 4) is 0 Å². The second kappa shape index (κ2) is 5.31. The molecule has 0 radical (unpaired) electrons. The van der Waals surface area contributed by atoms with E-state index in [4.69, 9.17) is 4.52 Å². The quantitative estimate of drug-likeness (QED) is 0.872. The van der Waals surface area contributed by atoms with Crippen LogP contribution >= 0.6 is 22.6 Å². The van der Waals surface area contributed by atoms with Gasteiger partial charge in [0, 0.05) is 9.64 Å². The number of nitrogens with zero attached hydrogens (tertiary/aromatic N) is 1. The average molecular weight is 342 g/mol. The maximum Gasteiger partial charge on any atom is 0.252 e. The van der Waals surface area contributed by atoms with Gasteiger partial charge >= 0.3 is 0 Å². The first-order valence-electron chi connectivity index (χ1n) is 5.11. The van der Waals surface area contributed by atoms with Crippen LogP contribution in [0.2, 0.25) is 0 Å². The number of hydrogen-bond acceptors (Lipinski definition) is 3. The molecule has 0 aliphatic carbocycles. The Balaban J connectivity index is 2.07. The van der Waals surface area contributed by atoms with Gasteiger partial charge < -0.3 is 9.84 Å². The zero-order valence-electron chi connectivity index (χ0n) is 9.24. The molecule has 0 aliphatic rings. The molecule has 0 saturated carbocycles. The molecule has 2 aromatic rings. The molecule has 1 heterocycles. The fourth-order valence-corrected chi connectivity index (χ4v) is 2.02. The van der Waals surface area contributed by atoms with Crippen molar-refractivity contribution in [2.45, 2.75) is 13.5 Å². The molecule has 88 valence electrons. The van der Waals surface area contributed by atoms with Crippen molar-refractivity contribution < 1.29 is 9.32 Å². The van der Waals surface area contributed by atoms with Crippen molar-refractivity contribution in [1.29, 1.82) is 0 Å². The topological polar surface area (TPSA) is 55.1 Å². The lowest BCUT2D eigenvalue weighted by Gasteiger charge is -2.07. The molecule has 5 heteroatoms. The van der Waals surface area contributed by atoms with Crippen LogP contribution in [0.4, 0.5) is 0 Å².